The Morgan fingerprint density at radius 1 is 1.20 bits per heavy atom. The van der Waals surface area contributed by atoms with Gasteiger partial charge in [0, 0.05) is 46.4 Å². The number of nitrogens with zero attached hydrogens (tertiary/aromatic N) is 3. The number of piperazine rings is 1. The van der Waals surface area contributed by atoms with Gasteiger partial charge in [-0.25, -0.2) is 0 Å². The van der Waals surface area contributed by atoms with Crippen molar-refractivity contribution in [3.05, 3.63) is 0 Å². The van der Waals surface area contributed by atoms with Crippen LogP contribution in [0.3, 0.4) is 0 Å². The summed E-state index contributed by atoms with van der Waals surface area (Å²) in [6, 6.07) is 0. The van der Waals surface area contributed by atoms with Crippen molar-refractivity contribution in [2.45, 2.75) is 12.6 Å². The van der Waals surface area contributed by atoms with Gasteiger partial charge in [-0.05, 0) is 6.42 Å². The Bertz CT molecular complexity index is 394. The Morgan fingerprint density at radius 2 is 1.75 bits per heavy atom. The summed E-state index contributed by atoms with van der Waals surface area (Å²) in [6.07, 6.45) is -3.94. The molecule has 1 rings (SSSR count). The van der Waals surface area contributed by atoms with E-state index in [1.807, 2.05) is 0 Å². The summed E-state index contributed by atoms with van der Waals surface area (Å²) >= 11 is 0. The molecule has 1 saturated heterocycles. The van der Waals surface area contributed by atoms with Gasteiger partial charge in [0.25, 0.3) is 10.2 Å². The summed E-state index contributed by atoms with van der Waals surface area (Å²) in [7, 11) is -2.26. The molecule has 20 heavy (non-hydrogen) atoms. The number of halogens is 3. The SMILES string of the molecule is CN(CCCO)S(=O)(=O)N1CCN(CC(F)(F)F)CC1. The summed E-state index contributed by atoms with van der Waals surface area (Å²) in [6.45, 7) is -0.731. The van der Waals surface area contributed by atoms with Gasteiger partial charge in [0.1, 0.15) is 0 Å². The first-order chi connectivity index (χ1) is 9.16. The molecule has 0 amide bonds. The summed E-state index contributed by atoms with van der Waals surface area (Å²) < 4.78 is 63.2. The molecule has 0 aromatic carbocycles. The predicted molar refractivity (Wildman–Crippen MR) is 67.3 cm³/mol. The van der Waals surface area contributed by atoms with Crippen LogP contribution < -0.4 is 0 Å². The van der Waals surface area contributed by atoms with Gasteiger partial charge in [0.2, 0.25) is 0 Å². The zero-order valence-corrected chi connectivity index (χ0v) is 12.1. The van der Waals surface area contributed by atoms with Gasteiger partial charge in [0.15, 0.2) is 0 Å². The van der Waals surface area contributed by atoms with Crippen LogP contribution in [0.1, 0.15) is 6.42 Å². The molecule has 0 atom stereocenters. The van der Waals surface area contributed by atoms with E-state index in [0.29, 0.717) is 6.42 Å². The Morgan fingerprint density at radius 3 is 2.20 bits per heavy atom. The van der Waals surface area contributed by atoms with Gasteiger partial charge in [-0.3, -0.25) is 4.90 Å². The second-order valence-electron chi connectivity index (χ2n) is 4.70. The monoisotopic (exact) mass is 319 g/mol. The topological polar surface area (TPSA) is 64.1 Å². The molecule has 0 aliphatic carbocycles. The van der Waals surface area contributed by atoms with Crippen LogP contribution in [-0.2, 0) is 10.2 Å². The van der Waals surface area contributed by atoms with E-state index in [-0.39, 0.29) is 39.3 Å². The van der Waals surface area contributed by atoms with E-state index in [9.17, 15) is 21.6 Å². The molecule has 0 radical (unpaired) electrons. The predicted octanol–water partition coefficient (Wildman–Crippen LogP) is -0.275. The lowest BCUT2D eigenvalue weighted by Crippen LogP contribution is -2.53. The van der Waals surface area contributed by atoms with Gasteiger partial charge in [-0.2, -0.15) is 30.2 Å². The fourth-order valence-corrected chi connectivity index (χ4v) is 3.36. The molecule has 1 aliphatic heterocycles. The van der Waals surface area contributed by atoms with Gasteiger partial charge >= 0.3 is 6.18 Å². The molecule has 0 aromatic rings. The molecular formula is C10H20F3N3O3S. The summed E-state index contributed by atoms with van der Waals surface area (Å²) in [5.41, 5.74) is 0. The molecule has 10 heteroatoms. The minimum atomic E-state index is -4.26. The Balaban J connectivity index is 2.51. The van der Waals surface area contributed by atoms with Crippen molar-refractivity contribution >= 4 is 10.2 Å². The molecule has 1 heterocycles. The quantitative estimate of drug-likeness (QED) is 0.732. The first-order valence-corrected chi connectivity index (χ1v) is 7.68. The zero-order valence-electron chi connectivity index (χ0n) is 11.3. The van der Waals surface area contributed by atoms with Gasteiger partial charge < -0.3 is 5.11 Å². The van der Waals surface area contributed by atoms with E-state index in [2.05, 4.69) is 0 Å². The van der Waals surface area contributed by atoms with Crippen molar-refractivity contribution in [1.82, 2.24) is 13.5 Å². The summed E-state index contributed by atoms with van der Waals surface area (Å²) in [5.74, 6) is 0. The standard InChI is InChI=1S/C10H20F3N3O3S/c1-14(3-2-8-17)20(18,19)16-6-4-15(5-7-16)9-10(11,12)13/h17H,2-9H2,1H3. The molecule has 0 bridgehead atoms. The third kappa shape index (κ3) is 5.17. The molecule has 6 nitrogen and oxygen atoms in total. The maximum atomic E-state index is 12.2. The van der Waals surface area contributed by atoms with E-state index in [0.717, 1.165) is 4.31 Å². The Kier molecular flexibility index (Phi) is 6.20. The second kappa shape index (κ2) is 7.03. The normalized spacial score (nSPS) is 19.7. The number of rotatable bonds is 6. The molecule has 120 valence electrons. The van der Waals surface area contributed by atoms with E-state index in [1.54, 1.807) is 0 Å². The Hall–Kier alpha value is -0.420. The van der Waals surface area contributed by atoms with Crippen LogP contribution in [0.4, 0.5) is 13.2 Å². The van der Waals surface area contributed by atoms with Crippen LogP contribution in [0, 0.1) is 0 Å². The second-order valence-corrected chi connectivity index (χ2v) is 6.73. The molecule has 0 aromatic heterocycles. The lowest BCUT2D eigenvalue weighted by molar-refractivity contribution is -0.148. The van der Waals surface area contributed by atoms with Gasteiger partial charge in [-0.15, -0.1) is 0 Å². The van der Waals surface area contributed by atoms with Crippen molar-refractivity contribution in [2.24, 2.45) is 0 Å². The van der Waals surface area contributed by atoms with E-state index >= 15 is 0 Å². The van der Waals surface area contributed by atoms with Crippen LogP contribution in [0.2, 0.25) is 0 Å². The highest BCUT2D eigenvalue weighted by Crippen LogP contribution is 2.18. The maximum Gasteiger partial charge on any atom is 0.401 e. The van der Waals surface area contributed by atoms with Crippen LogP contribution in [0.5, 0.6) is 0 Å². The average Bonchev–Trinajstić information content (AvgIpc) is 2.34. The number of hydrogen-bond acceptors (Lipinski definition) is 4. The molecule has 0 unspecified atom stereocenters. The molecule has 1 fully saturated rings. The van der Waals surface area contributed by atoms with Gasteiger partial charge in [0.05, 0.1) is 6.54 Å². The van der Waals surface area contributed by atoms with E-state index < -0.39 is 22.9 Å². The third-order valence-corrected chi connectivity index (χ3v) is 5.07. The largest absolute Gasteiger partial charge is 0.401 e. The fourth-order valence-electron chi connectivity index (χ4n) is 1.98. The number of hydrogen-bond donors (Lipinski definition) is 1. The summed E-state index contributed by atoms with van der Waals surface area (Å²) in [4.78, 5) is 1.19. The lowest BCUT2D eigenvalue weighted by Gasteiger charge is -2.36. The van der Waals surface area contributed by atoms with Crippen molar-refractivity contribution in [1.29, 1.82) is 0 Å². The zero-order chi connectivity index (χ0) is 15.4. The molecule has 0 saturated carbocycles. The van der Waals surface area contributed by atoms with Crippen LogP contribution in [0.25, 0.3) is 0 Å². The minimum Gasteiger partial charge on any atom is -0.396 e. The van der Waals surface area contributed by atoms with Crippen LogP contribution >= 0.6 is 0 Å². The molecular weight excluding hydrogens is 299 g/mol. The van der Waals surface area contributed by atoms with E-state index in [4.69, 9.17) is 5.11 Å². The van der Waals surface area contributed by atoms with E-state index in [1.165, 1.54) is 16.3 Å². The van der Waals surface area contributed by atoms with Crippen molar-refractivity contribution in [2.75, 3.05) is 52.9 Å². The minimum absolute atomic E-state index is 0.0435. The lowest BCUT2D eigenvalue weighted by atomic mass is 10.3. The highest BCUT2D eigenvalue weighted by atomic mass is 32.2. The number of aliphatic hydroxyl groups excluding tert-OH is 1. The van der Waals surface area contributed by atoms with Gasteiger partial charge in [-0.1, -0.05) is 0 Å². The average molecular weight is 319 g/mol. The van der Waals surface area contributed by atoms with Crippen molar-refractivity contribution in [3.8, 4) is 0 Å². The number of alkyl halides is 3. The van der Waals surface area contributed by atoms with Crippen LogP contribution in [-0.4, -0.2) is 86.1 Å². The van der Waals surface area contributed by atoms with Crippen LogP contribution in [0.15, 0.2) is 0 Å². The first kappa shape index (κ1) is 17.6. The van der Waals surface area contributed by atoms with Crippen molar-refractivity contribution in [3.63, 3.8) is 0 Å². The summed E-state index contributed by atoms with van der Waals surface area (Å²) in [5, 5.41) is 8.69. The molecule has 1 aliphatic rings. The van der Waals surface area contributed by atoms with Crippen molar-refractivity contribution < 1.29 is 26.7 Å². The molecule has 0 spiro atoms. The number of aliphatic hydroxyl groups is 1. The smallest absolute Gasteiger partial charge is 0.396 e. The third-order valence-electron chi connectivity index (χ3n) is 3.09. The fraction of sp³-hybridized carbons (Fsp3) is 1.00. The maximum absolute atomic E-state index is 12.2. The first-order valence-electron chi connectivity index (χ1n) is 6.28. The molecule has 1 N–H and O–H groups in total. The highest BCUT2D eigenvalue weighted by molar-refractivity contribution is 7.86. The Labute approximate surface area is 116 Å². The highest BCUT2D eigenvalue weighted by Gasteiger charge is 2.35.